The van der Waals surface area contributed by atoms with E-state index in [0.717, 1.165) is 6.20 Å². The molecule has 0 saturated carbocycles. The number of anilines is 1. The van der Waals surface area contributed by atoms with E-state index in [-0.39, 0.29) is 18.9 Å². The summed E-state index contributed by atoms with van der Waals surface area (Å²) in [4.78, 5) is 29.3. The van der Waals surface area contributed by atoms with Gasteiger partial charge >= 0.3 is 0 Å². The molecule has 2 heterocycles. The molecule has 2 aromatic rings. The molecule has 6 nitrogen and oxygen atoms in total. The molecule has 3 rings (SSSR count). The van der Waals surface area contributed by atoms with Crippen molar-refractivity contribution in [1.82, 2.24) is 10.3 Å². The zero-order chi connectivity index (χ0) is 18.0. The molecule has 8 heteroatoms. The molecule has 0 radical (unpaired) electrons. The third-order valence-corrected chi connectivity index (χ3v) is 3.86. The van der Waals surface area contributed by atoms with Crippen LogP contribution in [-0.2, 0) is 4.79 Å². The van der Waals surface area contributed by atoms with Crippen LogP contribution in [0.4, 0.5) is 14.5 Å². The Hall–Kier alpha value is -3.03. The number of halogens is 2. The van der Waals surface area contributed by atoms with Gasteiger partial charge in [0.25, 0.3) is 5.91 Å². The number of carbonyl (C=O) groups excluding carboxylic acids is 2. The fourth-order valence-electron chi connectivity index (χ4n) is 2.73. The van der Waals surface area contributed by atoms with Crippen LogP contribution >= 0.6 is 0 Å². The normalized spacial score (nSPS) is 16.8. The summed E-state index contributed by atoms with van der Waals surface area (Å²) < 4.78 is 31.8. The maximum absolute atomic E-state index is 13.6. The van der Waals surface area contributed by atoms with Crippen molar-refractivity contribution in [2.45, 2.75) is 12.5 Å². The van der Waals surface area contributed by atoms with Gasteiger partial charge in [-0.05, 0) is 12.1 Å². The summed E-state index contributed by atoms with van der Waals surface area (Å²) in [5.74, 6) is -2.37. The minimum absolute atomic E-state index is 0.0621. The van der Waals surface area contributed by atoms with Crippen molar-refractivity contribution in [3.63, 3.8) is 0 Å². The van der Waals surface area contributed by atoms with Crippen LogP contribution < -0.4 is 15.0 Å². The number of rotatable bonds is 4. The van der Waals surface area contributed by atoms with Gasteiger partial charge in [-0.3, -0.25) is 9.59 Å². The lowest BCUT2D eigenvalue weighted by Gasteiger charge is -2.19. The molecule has 0 aliphatic carbocycles. The SMILES string of the molecule is COc1ccccc1N1CC(NC(=O)c2ncc(F)cc2F)CC1=O. The molecular weight excluding hydrogens is 332 g/mol. The van der Waals surface area contributed by atoms with Crippen molar-refractivity contribution in [1.29, 1.82) is 0 Å². The van der Waals surface area contributed by atoms with Crippen LogP contribution in [0.15, 0.2) is 36.5 Å². The fraction of sp³-hybridized carbons (Fsp3) is 0.235. The molecule has 25 heavy (non-hydrogen) atoms. The highest BCUT2D eigenvalue weighted by Crippen LogP contribution is 2.31. The van der Waals surface area contributed by atoms with Gasteiger partial charge in [-0.2, -0.15) is 0 Å². The summed E-state index contributed by atoms with van der Waals surface area (Å²) in [6.07, 6.45) is 0.825. The average molecular weight is 347 g/mol. The quantitative estimate of drug-likeness (QED) is 0.917. The Labute approximate surface area is 142 Å². The number of benzene rings is 1. The molecule has 1 aliphatic rings. The number of nitrogens with one attached hydrogen (secondary N) is 1. The Balaban J connectivity index is 1.73. The Morgan fingerprint density at radius 2 is 2.12 bits per heavy atom. The van der Waals surface area contributed by atoms with Crippen LogP contribution in [-0.4, -0.2) is 36.5 Å². The summed E-state index contributed by atoms with van der Waals surface area (Å²) in [5.41, 5.74) is 0.0856. The van der Waals surface area contributed by atoms with Gasteiger partial charge in [-0.1, -0.05) is 12.1 Å². The number of para-hydroxylation sites is 2. The van der Waals surface area contributed by atoms with Crippen LogP contribution in [0.3, 0.4) is 0 Å². The Morgan fingerprint density at radius 1 is 1.36 bits per heavy atom. The first-order valence-electron chi connectivity index (χ1n) is 7.55. The summed E-state index contributed by atoms with van der Waals surface area (Å²) >= 11 is 0. The number of methoxy groups -OCH3 is 1. The van der Waals surface area contributed by atoms with Gasteiger partial charge in [0.05, 0.1) is 25.0 Å². The first-order valence-corrected chi connectivity index (χ1v) is 7.55. The van der Waals surface area contributed by atoms with Crippen LogP contribution in [0.5, 0.6) is 5.75 Å². The van der Waals surface area contributed by atoms with E-state index < -0.39 is 29.3 Å². The Kier molecular flexibility index (Phi) is 4.60. The molecule has 1 unspecified atom stereocenters. The fourth-order valence-corrected chi connectivity index (χ4v) is 2.73. The summed E-state index contributed by atoms with van der Waals surface area (Å²) in [5, 5.41) is 2.56. The van der Waals surface area contributed by atoms with Crippen molar-refractivity contribution < 1.29 is 23.1 Å². The van der Waals surface area contributed by atoms with Gasteiger partial charge < -0.3 is 15.0 Å². The number of nitrogens with zero attached hydrogens (tertiary/aromatic N) is 2. The number of hydrogen-bond donors (Lipinski definition) is 1. The number of ether oxygens (including phenoxy) is 1. The van der Waals surface area contributed by atoms with Gasteiger partial charge in [0.2, 0.25) is 5.91 Å². The molecular formula is C17H15F2N3O3. The highest BCUT2D eigenvalue weighted by atomic mass is 19.1. The molecule has 2 amide bonds. The van der Waals surface area contributed by atoms with Crippen molar-refractivity contribution in [2.75, 3.05) is 18.6 Å². The number of carbonyl (C=O) groups is 2. The van der Waals surface area contributed by atoms with Gasteiger partial charge in [0.15, 0.2) is 11.5 Å². The zero-order valence-corrected chi connectivity index (χ0v) is 13.3. The third kappa shape index (κ3) is 3.42. The molecule has 1 atom stereocenters. The predicted octanol–water partition coefficient (Wildman–Crippen LogP) is 1.90. The van der Waals surface area contributed by atoms with Gasteiger partial charge in [-0.15, -0.1) is 0 Å². The van der Waals surface area contributed by atoms with E-state index in [1.807, 2.05) is 0 Å². The molecule has 1 aliphatic heterocycles. The molecule has 0 bridgehead atoms. The van der Waals surface area contributed by atoms with Crippen molar-refractivity contribution >= 4 is 17.5 Å². The minimum Gasteiger partial charge on any atom is -0.495 e. The van der Waals surface area contributed by atoms with E-state index in [1.165, 1.54) is 12.0 Å². The average Bonchev–Trinajstić information content (AvgIpc) is 2.94. The molecule has 1 saturated heterocycles. The number of amides is 2. The second-order valence-corrected chi connectivity index (χ2v) is 5.53. The second-order valence-electron chi connectivity index (χ2n) is 5.53. The van der Waals surface area contributed by atoms with Crippen LogP contribution in [0, 0.1) is 11.6 Å². The largest absolute Gasteiger partial charge is 0.495 e. The summed E-state index contributed by atoms with van der Waals surface area (Å²) in [7, 11) is 1.50. The van der Waals surface area contributed by atoms with Crippen molar-refractivity contribution in [3.8, 4) is 5.75 Å². The third-order valence-electron chi connectivity index (χ3n) is 3.86. The second kappa shape index (κ2) is 6.84. The van der Waals surface area contributed by atoms with Gasteiger partial charge in [0, 0.05) is 19.0 Å². The lowest BCUT2D eigenvalue weighted by molar-refractivity contribution is -0.117. The standard InChI is InChI=1S/C17H15F2N3O3/c1-25-14-5-3-2-4-13(14)22-9-11(7-15(22)23)21-17(24)16-12(19)6-10(18)8-20-16/h2-6,8,11H,7,9H2,1H3,(H,21,24). The van der Waals surface area contributed by atoms with Crippen molar-refractivity contribution in [2.24, 2.45) is 0 Å². The van der Waals surface area contributed by atoms with E-state index in [9.17, 15) is 18.4 Å². The first-order chi connectivity index (χ1) is 12.0. The van der Waals surface area contributed by atoms with E-state index in [0.29, 0.717) is 17.5 Å². The monoisotopic (exact) mass is 347 g/mol. The van der Waals surface area contributed by atoms with Crippen LogP contribution in [0.1, 0.15) is 16.9 Å². The van der Waals surface area contributed by atoms with Crippen LogP contribution in [0.25, 0.3) is 0 Å². The maximum Gasteiger partial charge on any atom is 0.273 e. The van der Waals surface area contributed by atoms with E-state index in [1.54, 1.807) is 24.3 Å². The van der Waals surface area contributed by atoms with E-state index in [2.05, 4.69) is 10.3 Å². The predicted molar refractivity (Wildman–Crippen MR) is 85.4 cm³/mol. The Bertz CT molecular complexity index is 829. The lowest BCUT2D eigenvalue weighted by Crippen LogP contribution is -2.38. The minimum atomic E-state index is -1.05. The number of hydrogen-bond acceptors (Lipinski definition) is 4. The van der Waals surface area contributed by atoms with Gasteiger partial charge in [-0.25, -0.2) is 13.8 Å². The molecule has 1 N–H and O–H groups in total. The van der Waals surface area contributed by atoms with Crippen molar-refractivity contribution in [3.05, 3.63) is 53.9 Å². The van der Waals surface area contributed by atoms with E-state index >= 15 is 0 Å². The smallest absolute Gasteiger partial charge is 0.273 e. The molecule has 1 fully saturated rings. The summed E-state index contributed by atoms with van der Waals surface area (Å²) in [6.45, 7) is 0.216. The van der Waals surface area contributed by atoms with Gasteiger partial charge in [0.1, 0.15) is 11.6 Å². The molecule has 1 aromatic heterocycles. The molecule has 0 spiro atoms. The van der Waals surface area contributed by atoms with Crippen LogP contribution in [0.2, 0.25) is 0 Å². The Morgan fingerprint density at radius 3 is 2.84 bits per heavy atom. The number of pyridine rings is 1. The van der Waals surface area contributed by atoms with E-state index in [4.69, 9.17) is 4.74 Å². The zero-order valence-electron chi connectivity index (χ0n) is 13.3. The topological polar surface area (TPSA) is 71.5 Å². The summed E-state index contributed by atoms with van der Waals surface area (Å²) in [6, 6.07) is 7.09. The molecule has 130 valence electrons. The highest BCUT2D eigenvalue weighted by molar-refractivity contribution is 5.99. The maximum atomic E-state index is 13.6. The lowest BCUT2D eigenvalue weighted by atomic mass is 10.2. The number of aromatic nitrogens is 1. The first kappa shape index (κ1) is 16.8. The highest BCUT2D eigenvalue weighted by Gasteiger charge is 2.33. The molecule has 1 aromatic carbocycles.